The van der Waals surface area contributed by atoms with Gasteiger partial charge in [-0.3, -0.25) is 0 Å². The zero-order valence-corrected chi connectivity index (χ0v) is 12.1. The Balaban J connectivity index is 1.78. The summed E-state index contributed by atoms with van der Waals surface area (Å²) in [6.45, 7) is 0. The molecule has 20 heavy (non-hydrogen) atoms. The molecule has 6 nitrogen and oxygen atoms in total. The quantitative estimate of drug-likeness (QED) is 0.923. The summed E-state index contributed by atoms with van der Waals surface area (Å²) in [4.78, 5) is 0.173. The first-order valence-corrected chi connectivity index (χ1v) is 8.12. The molecule has 0 aromatic heterocycles. The van der Waals surface area contributed by atoms with E-state index in [4.69, 9.17) is 4.74 Å². The SMILES string of the molecule is COc1ccccc1S(=O)(=O)NC1CCCC2(C1)N=N2. The molecule has 0 saturated heterocycles. The summed E-state index contributed by atoms with van der Waals surface area (Å²) in [5.74, 6) is 0.353. The van der Waals surface area contributed by atoms with Gasteiger partial charge in [0.2, 0.25) is 10.0 Å². The molecule has 0 radical (unpaired) electrons. The molecule has 1 spiro atoms. The first-order valence-electron chi connectivity index (χ1n) is 6.64. The highest BCUT2D eigenvalue weighted by Gasteiger charge is 2.45. The third-order valence-corrected chi connectivity index (χ3v) is 5.33. The van der Waals surface area contributed by atoms with E-state index in [9.17, 15) is 8.42 Å². The zero-order chi connectivity index (χ0) is 14.2. The van der Waals surface area contributed by atoms with Gasteiger partial charge in [0.25, 0.3) is 0 Å². The van der Waals surface area contributed by atoms with Crippen LogP contribution in [0.5, 0.6) is 5.75 Å². The highest BCUT2D eigenvalue weighted by molar-refractivity contribution is 7.89. The van der Waals surface area contributed by atoms with Gasteiger partial charge in [-0.15, -0.1) is 0 Å². The number of nitrogens with one attached hydrogen (secondary N) is 1. The minimum absolute atomic E-state index is 0.117. The Hall–Kier alpha value is -1.47. The lowest BCUT2D eigenvalue weighted by Crippen LogP contribution is -2.40. The van der Waals surface area contributed by atoms with E-state index in [-0.39, 0.29) is 16.6 Å². The van der Waals surface area contributed by atoms with E-state index in [1.54, 1.807) is 24.3 Å². The summed E-state index contributed by atoms with van der Waals surface area (Å²) in [6.07, 6.45) is 3.34. The maximum Gasteiger partial charge on any atom is 0.244 e. The van der Waals surface area contributed by atoms with E-state index >= 15 is 0 Å². The van der Waals surface area contributed by atoms with Gasteiger partial charge in [0.15, 0.2) is 5.66 Å². The molecule has 0 bridgehead atoms. The van der Waals surface area contributed by atoms with Crippen LogP contribution in [0, 0.1) is 0 Å². The third-order valence-electron chi connectivity index (χ3n) is 3.77. The Labute approximate surface area is 118 Å². The minimum atomic E-state index is -3.58. The van der Waals surface area contributed by atoms with Gasteiger partial charge in [0.05, 0.1) is 7.11 Å². The van der Waals surface area contributed by atoms with Gasteiger partial charge < -0.3 is 4.74 Å². The molecule has 108 valence electrons. The van der Waals surface area contributed by atoms with Crippen molar-refractivity contribution in [2.24, 2.45) is 10.2 Å². The lowest BCUT2D eigenvalue weighted by atomic mass is 9.89. The predicted octanol–water partition coefficient (Wildman–Crippen LogP) is 2.08. The molecule has 1 unspecified atom stereocenters. The fourth-order valence-corrected chi connectivity index (χ4v) is 4.15. The number of nitrogens with zero attached hydrogens (tertiary/aromatic N) is 2. The van der Waals surface area contributed by atoms with Crippen LogP contribution in [0.4, 0.5) is 0 Å². The van der Waals surface area contributed by atoms with Crippen molar-refractivity contribution in [3.63, 3.8) is 0 Å². The van der Waals surface area contributed by atoms with Crippen LogP contribution < -0.4 is 9.46 Å². The molecule has 1 heterocycles. The Morgan fingerprint density at radius 2 is 2.10 bits per heavy atom. The van der Waals surface area contributed by atoms with Crippen LogP contribution in [-0.2, 0) is 10.0 Å². The van der Waals surface area contributed by atoms with Crippen LogP contribution in [0.25, 0.3) is 0 Å². The molecular formula is C13H17N3O3S. The molecule has 1 saturated carbocycles. The predicted molar refractivity (Wildman–Crippen MR) is 73.2 cm³/mol. The van der Waals surface area contributed by atoms with Crippen LogP contribution in [0.2, 0.25) is 0 Å². The Kier molecular flexibility index (Phi) is 3.25. The van der Waals surface area contributed by atoms with E-state index in [2.05, 4.69) is 15.0 Å². The van der Waals surface area contributed by atoms with Crippen LogP contribution in [0.1, 0.15) is 25.7 Å². The Morgan fingerprint density at radius 3 is 2.80 bits per heavy atom. The van der Waals surface area contributed by atoms with Crippen molar-refractivity contribution >= 4 is 10.0 Å². The molecule has 7 heteroatoms. The second kappa shape index (κ2) is 4.82. The van der Waals surface area contributed by atoms with Crippen molar-refractivity contribution in [3.8, 4) is 5.75 Å². The van der Waals surface area contributed by atoms with E-state index in [1.165, 1.54) is 7.11 Å². The van der Waals surface area contributed by atoms with Gasteiger partial charge in [-0.25, -0.2) is 13.1 Å². The number of hydrogen-bond donors (Lipinski definition) is 1. The molecule has 1 aromatic rings. The smallest absolute Gasteiger partial charge is 0.244 e. The van der Waals surface area contributed by atoms with Crippen molar-refractivity contribution in [1.82, 2.24) is 4.72 Å². The van der Waals surface area contributed by atoms with E-state index in [1.807, 2.05) is 0 Å². The van der Waals surface area contributed by atoms with Crippen molar-refractivity contribution < 1.29 is 13.2 Å². The number of benzene rings is 1. The maximum atomic E-state index is 12.5. The van der Waals surface area contributed by atoms with Gasteiger partial charge in [-0.1, -0.05) is 12.1 Å². The van der Waals surface area contributed by atoms with Gasteiger partial charge >= 0.3 is 0 Å². The normalized spacial score (nSPS) is 23.8. The lowest BCUT2D eigenvalue weighted by molar-refractivity contribution is 0.336. The van der Waals surface area contributed by atoms with Crippen LogP contribution >= 0.6 is 0 Å². The fourth-order valence-electron chi connectivity index (χ4n) is 2.71. The van der Waals surface area contributed by atoms with E-state index in [0.29, 0.717) is 12.2 Å². The number of rotatable bonds is 4. The second-order valence-corrected chi connectivity index (χ2v) is 6.93. The molecule has 1 fully saturated rings. The van der Waals surface area contributed by atoms with Crippen molar-refractivity contribution in [2.75, 3.05) is 7.11 Å². The van der Waals surface area contributed by atoms with Gasteiger partial charge in [0, 0.05) is 12.5 Å². The summed E-state index contributed by atoms with van der Waals surface area (Å²) in [5, 5.41) is 8.09. The molecule has 0 amide bonds. The van der Waals surface area contributed by atoms with Gasteiger partial charge in [-0.2, -0.15) is 10.2 Å². The zero-order valence-electron chi connectivity index (χ0n) is 11.2. The summed E-state index contributed by atoms with van der Waals surface area (Å²) >= 11 is 0. The van der Waals surface area contributed by atoms with Crippen molar-refractivity contribution in [1.29, 1.82) is 0 Å². The first kappa shape index (κ1) is 13.5. The number of sulfonamides is 1. The van der Waals surface area contributed by atoms with Crippen molar-refractivity contribution in [3.05, 3.63) is 24.3 Å². The average Bonchev–Trinajstić information content (AvgIpc) is 3.17. The highest BCUT2D eigenvalue weighted by Crippen LogP contribution is 2.42. The largest absolute Gasteiger partial charge is 0.495 e. The number of para-hydroxylation sites is 1. The molecule has 1 aliphatic carbocycles. The van der Waals surface area contributed by atoms with Crippen molar-refractivity contribution in [2.45, 2.75) is 42.3 Å². The molecule has 1 aromatic carbocycles. The maximum absolute atomic E-state index is 12.5. The molecule has 2 aliphatic rings. The van der Waals surface area contributed by atoms with Gasteiger partial charge in [-0.05, 0) is 31.4 Å². The van der Waals surface area contributed by atoms with Gasteiger partial charge in [0.1, 0.15) is 10.6 Å². The summed E-state index contributed by atoms with van der Waals surface area (Å²) in [6, 6.07) is 6.50. The Bertz CT molecular complexity index is 636. The van der Waals surface area contributed by atoms with E-state index < -0.39 is 10.0 Å². The number of hydrogen-bond acceptors (Lipinski definition) is 5. The highest BCUT2D eigenvalue weighted by atomic mass is 32.2. The molecule has 3 rings (SSSR count). The lowest BCUT2D eigenvalue weighted by Gasteiger charge is -2.26. The molecule has 1 aliphatic heterocycles. The minimum Gasteiger partial charge on any atom is -0.495 e. The first-order chi connectivity index (χ1) is 9.55. The van der Waals surface area contributed by atoms with E-state index in [0.717, 1.165) is 19.3 Å². The summed E-state index contributed by atoms with van der Waals surface area (Å²) < 4.78 is 32.8. The topological polar surface area (TPSA) is 80.1 Å². The second-order valence-electron chi connectivity index (χ2n) is 5.25. The molecule has 1 atom stereocenters. The fraction of sp³-hybridized carbons (Fsp3) is 0.538. The number of ether oxygens (including phenoxy) is 1. The monoisotopic (exact) mass is 295 g/mol. The standard InChI is InChI=1S/C13H17N3O3S/c1-19-11-6-2-3-7-12(11)20(17,18)14-10-5-4-8-13(9-10)15-16-13/h2-3,6-7,10,14H,4-5,8-9H2,1H3. The molecular weight excluding hydrogens is 278 g/mol. The number of methoxy groups -OCH3 is 1. The Morgan fingerprint density at radius 1 is 1.35 bits per heavy atom. The third kappa shape index (κ3) is 2.55. The van der Waals surface area contributed by atoms with Crippen LogP contribution in [0.3, 0.4) is 0 Å². The summed E-state index contributed by atoms with van der Waals surface area (Å²) in [5.41, 5.74) is -0.299. The summed E-state index contributed by atoms with van der Waals surface area (Å²) in [7, 11) is -2.12. The van der Waals surface area contributed by atoms with Crippen LogP contribution in [-0.4, -0.2) is 27.2 Å². The van der Waals surface area contributed by atoms with Crippen LogP contribution in [0.15, 0.2) is 39.4 Å². The molecule has 1 N–H and O–H groups in total. The average molecular weight is 295 g/mol.